The first-order valence-electron chi connectivity index (χ1n) is 11.8. The number of hydrogen-bond acceptors (Lipinski definition) is 7. The second kappa shape index (κ2) is 9.87. The molecule has 182 valence electrons. The summed E-state index contributed by atoms with van der Waals surface area (Å²) in [5, 5.41) is 0.571. The van der Waals surface area contributed by atoms with Gasteiger partial charge in [-0.25, -0.2) is 9.79 Å². The molecule has 1 aromatic carbocycles. The Morgan fingerprint density at radius 2 is 1.94 bits per heavy atom. The maximum absolute atomic E-state index is 13.6. The van der Waals surface area contributed by atoms with Crippen molar-refractivity contribution in [2.75, 3.05) is 24.6 Å². The van der Waals surface area contributed by atoms with Crippen molar-refractivity contribution in [2.24, 2.45) is 4.99 Å². The molecule has 0 N–H and O–H groups in total. The van der Waals surface area contributed by atoms with E-state index < -0.39 is 12.0 Å². The molecule has 0 saturated carbocycles. The largest absolute Gasteiger partial charge is 0.463 e. The molecule has 0 aliphatic carbocycles. The molecule has 2 aromatic heterocycles. The lowest BCUT2D eigenvalue weighted by Gasteiger charge is -2.25. The predicted octanol–water partition coefficient (Wildman–Crippen LogP) is 4.04. The molecule has 0 bridgehead atoms. The van der Waals surface area contributed by atoms with Crippen LogP contribution < -0.4 is 19.8 Å². The summed E-state index contributed by atoms with van der Waals surface area (Å²) >= 11 is 7.38. The Kier molecular flexibility index (Phi) is 6.67. The number of ether oxygens (including phenoxy) is 1. The molecule has 1 atom stereocenters. The molecule has 0 spiro atoms. The Morgan fingerprint density at radius 1 is 1.20 bits per heavy atom. The van der Waals surface area contributed by atoms with Gasteiger partial charge in [-0.1, -0.05) is 35.1 Å². The van der Waals surface area contributed by atoms with Crippen LogP contribution >= 0.6 is 22.9 Å². The monoisotopic (exact) mass is 511 g/mol. The number of hydrogen-bond donors (Lipinski definition) is 0. The number of aromatic nitrogens is 1. The predicted molar refractivity (Wildman–Crippen MR) is 137 cm³/mol. The van der Waals surface area contributed by atoms with Gasteiger partial charge in [0.1, 0.15) is 5.76 Å². The van der Waals surface area contributed by atoms with Crippen LogP contribution in [0.25, 0.3) is 6.08 Å². The van der Waals surface area contributed by atoms with Crippen LogP contribution in [0.15, 0.2) is 61.9 Å². The molecule has 0 radical (unpaired) electrons. The molecule has 0 amide bonds. The van der Waals surface area contributed by atoms with Crippen molar-refractivity contribution in [3.8, 4) is 0 Å². The number of piperidine rings is 1. The molecule has 1 saturated heterocycles. The van der Waals surface area contributed by atoms with E-state index in [1.54, 1.807) is 36.6 Å². The van der Waals surface area contributed by atoms with Gasteiger partial charge in [-0.3, -0.25) is 9.36 Å². The minimum Gasteiger partial charge on any atom is -0.463 e. The Bertz CT molecular complexity index is 1460. The minimum atomic E-state index is -0.662. The summed E-state index contributed by atoms with van der Waals surface area (Å²) in [5.41, 5.74) is 1.39. The van der Waals surface area contributed by atoms with Crippen molar-refractivity contribution in [2.45, 2.75) is 39.2 Å². The maximum atomic E-state index is 13.6. The van der Waals surface area contributed by atoms with E-state index in [4.69, 9.17) is 20.8 Å². The maximum Gasteiger partial charge on any atom is 0.338 e. The second-order valence-electron chi connectivity index (χ2n) is 8.58. The third-order valence-electron chi connectivity index (χ3n) is 6.26. The van der Waals surface area contributed by atoms with Gasteiger partial charge in [0.2, 0.25) is 0 Å². The fourth-order valence-electron chi connectivity index (χ4n) is 4.59. The van der Waals surface area contributed by atoms with Crippen LogP contribution in [0.3, 0.4) is 0 Å². The highest BCUT2D eigenvalue weighted by atomic mass is 35.5. The fraction of sp³-hybridized carbons (Fsp3) is 0.346. The molecule has 2 aliphatic rings. The highest BCUT2D eigenvalue weighted by Gasteiger charge is 2.33. The van der Waals surface area contributed by atoms with E-state index in [1.807, 2.05) is 24.3 Å². The summed E-state index contributed by atoms with van der Waals surface area (Å²) in [5.74, 6) is 0.948. The van der Waals surface area contributed by atoms with Gasteiger partial charge >= 0.3 is 5.97 Å². The standard InChI is InChI=1S/C26H26ClN3O4S/c1-3-33-25(32)22-16(2)28-26-30(23(22)17-7-9-18(27)10-8-17)24(31)20(35-26)15-19-11-12-21(34-19)29-13-5-4-6-14-29/h7-12,15,23H,3-6,13-14H2,1-2H3/b20-15+/t23-/m1/s1. The molecule has 7 nitrogen and oxygen atoms in total. The average molecular weight is 512 g/mol. The van der Waals surface area contributed by atoms with Crippen LogP contribution in [0.5, 0.6) is 0 Å². The highest BCUT2D eigenvalue weighted by molar-refractivity contribution is 7.07. The fourth-order valence-corrected chi connectivity index (χ4v) is 5.74. The molecule has 5 rings (SSSR count). The van der Waals surface area contributed by atoms with Crippen molar-refractivity contribution in [3.63, 3.8) is 0 Å². The molecular formula is C26H26ClN3O4S. The number of nitrogens with zero attached hydrogens (tertiary/aromatic N) is 3. The van der Waals surface area contributed by atoms with E-state index in [2.05, 4.69) is 9.89 Å². The van der Waals surface area contributed by atoms with Gasteiger partial charge in [0.05, 0.1) is 28.5 Å². The first kappa shape index (κ1) is 23.6. The van der Waals surface area contributed by atoms with E-state index in [9.17, 15) is 9.59 Å². The Morgan fingerprint density at radius 3 is 2.66 bits per heavy atom. The van der Waals surface area contributed by atoms with Gasteiger partial charge in [-0.2, -0.15) is 0 Å². The van der Waals surface area contributed by atoms with Gasteiger partial charge in [0, 0.05) is 30.3 Å². The van der Waals surface area contributed by atoms with Crippen LogP contribution in [0.4, 0.5) is 5.88 Å². The smallest absolute Gasteiger partial charge is 0.338 e. The summed E-state index contributed by atoms with van der Waals surface area (Å²) in [7, 11) is 0. The number of benzene rings is 1. The SMILES string of the molecule is CCOC(=O)C1=C(C)N=c2s/c(=C/c3ccc(N4CCCCC4)o3)c(=O)n2[C@@H]1c1ccc(Cl)cc1. The van der Waals surface area contributed by atoms with E-state index in [-0.39, 0.29) is 12.2 Å². The van der Waals surface area contributed by atoms with Gasteiger partial charge in [-0.05, 0) is 56.9 Å². The summed E-state index contributed by atoms with van der Waals surface area (Å²) in [4.78, 5) is 33.9. The molecule has 4 heterocycles. The first-order chi connectivity index (χ1) is 17.0. The second-order valence-corrected chi connectivity index (χ2v) is 10.0. The van der Waals surface area contributed by atoms with Crippen molar-refractivity contribution in [1.82, 2.24) is 4.57 Å². The van der Waals surface area contributed by atoms with Crippen LogP contribution in [0.1, 0.15) is 50.5 Å². The number of carbonyl (C=O) groups is 1. The number of allylic oxidation sites excluding steroid dienone is 1. The molecule has 35 heavy (non-hydrogen) atoms. The number of carbonyl (C=O) groups excluding carboxylic acids is 1. The van der Waals surface area contributed by atoms with E-state index >= 15 is 0 Å². The third-order valence-corrected chi connectivity index (χ3v) is 7.49. The number of halogens is 1. The van der Waals surface area contributed by atoms with Gasteiger partial charge in [0.25, 0.3) is 5.56 Å². The van der Waals surface area contributed by atoms with E-state index in [1.165, 1.54) is 17.8 Å². The third kappa shape index (κ3) is 4.60. The average Bonchev–Trinajstić information content (AvgIpc) is 3.44. The Hall–Kier alpha value is -3.10. The zero-order valence-corrected chi connectivity index (χ0v) is 21.2. The summed E-state index contributed by atoms with van der Waals surface area (Å²) in [6.07, 6.45) is 5.30. The molecule has 2 aliphatic heterocycles. The lowest BCUT2D eigenvalue weighted by molar-refractivity contribution is -0.139. The molecule has 1 fully saturated rings. The molecule has 9 heteroatoms. The van der Waals surface area contributed by atoms with Crippen molar-refractivity contribution in [1.29, 1.82) is 0 Å². The van der Waals surface area contributed by atoms with Crippen LogP contribution in [-0.4, -0.2) is 30.2 Å². The number of furan rings is 1. The highest BCUT2D eigenvalue weighted by Crippen LogP contribution is 2.31. The van der Waals surface area contributed by atoms with Gasteiger partial charge in [-0.15, -0.1) is 0 Å². The van der Waals surface area contributed by atoms with Crippen LogP contribution in [-0.2, 0) is 9.53 Å². The topological polar surface area (TPSA) is 77.0 Å². The first-order valence-corrected chi connectivity index (χ1v) is 13.0. The van der Waals surface area contributed by atoms with Crippen molar-refractivity contribution < 1.29 is 13.9 Å². The molecule has 0 unspecified atom stereocenters. The van der Waals surface area contributed by atoms with Crippen molar-refractivity contribution in [3.05, 3.63) is 83.7 Å². The molecular weight excluding hydrogens is 486 g/mol. The lowest BCUT2D eigenvalue weighted by atomic mass is 9.96. The minimum absolute atomic E-state index is 0.227. The Balaban J connectivity index is 1.60. The van der Waals surface area contributed by atoms with Gasteiger partial charge < -0.3 is 14.1 Å². The number of esters is 1. The number of anilines is 1. The van der Waals surface area contributed by atoms with Crippen molar-refractivity contribution >= 4 is 40.9 Å². The Labute approximate surface area is 211 Å². The zero-order chi connectivity index (χ0) is 24.5. The summed E-state index contributed by atoms with van der Waals surface area (Å²) in [6.45, 7) is 5.70. The normalized spacial score (nSPS) is 18.4. The van der Waals surface area contributed by atoms with Crippen LogP contribution in [0, 0.1) is 0 Å². The quantitative estimate of drug-likeness (QED) is 0.483. The summed E-state index contributed by atoms with van der Waals surface area (Å²) in [6, 6.07) is 10.3. The van der Waals surface area contributed by atoms with E-state index in [0.717, 1.165) is 37.4 Å². The number of fused-ring (bicyclic) bond motifs is 1. The lowest BCUT2D eigenvalue weighted by Crippen LogP contribution is -2.39. The number of thiazole rings is 1. The molecule has 3 aromatic rings. The van der Waals surface area contributed by atoms with Gasteiger partial charge in [0.15, 0.2) is 10.7 Å². The zero-order valence-electron chi connectivity index (χ0n) is 19.6. The number of rotatable bonds is 5. The summed E-state index contributed by atoms with van der Waals surface area (Å²) < 4.78 is 13.4. The van der Waals surface area contributed by atoms with E-state index in [0.29, 0.717) is 31.4 Å². The van der Waals surface area contributed by atoms with Crippen LogP contribution in [0.2, 0.25) is 5.02 Å².